The van der Waals surface area contributed by atoms with Crippen LogP contribution in [0.5, 0.6) is 0 Å². The van der Waals surface area contributed by atoms with E-state index in [4.69, 9.17) is 11.6 Å². The van der Waals surface area contributed by atoms with Gasteiger partial charge in [0, 0.05) is 19.2 Å². The second-order valence-electron chi connectivity index (χ2n) is 2.63. The molecule has 0 radical (unpaired) electrons. The lowest BCUT2D eigenvalue weighted by Crippen LogP contribution is -2.18. The van der Waals surface area contributed by atoms with Gasteiger partial charge in [0.2, 0.25) is 0 Å². The van der Waals surface area contributed by atoms with Crippen molar-refractivity contribution < 1.29 is 0 Å². The van der Waals surface area contributed by atoms with Crippen LogP contribution in [-0.4, -0.2) is 23.6 Å². The molecule has 0 aliphatic heterocycles. The molecule has 0 atom stereocenters. The van der Waals surface area contributed by atoms with E-state index in [2.05, 4.69) is 16.9 Å². The van der Waals surface area contributed by atoms with Gasteiger partial charge in [0.05, 0.1) is 0 Å². The van der Waals surface area contributed by atoms with E-state index in [0.29, 0.717) is 5.15 Å². The zero-order chi connectivity index (χ0) is 9.14. The van der Waals surface area contributed by atoms with Crippen LogP contribution in [0.4, 0.5) is 5.82 Å². The first kappa shape index (κ1) is 9.26. The van der Waals surface area contributed by atoms with E-state index in [0.717, 1.165) is 17.9 Å². The first-order valence-corrected chi connectivity index (χ1v) is 4.22. The summed E-state index contributed by atoms with van der Waals surface area (Å²) in [5.74, 6) is 0.900. The molecule has 0 unspecified atom stereocenters. The van der Waals surface area contributed by atoms with Crippen molar-refractivity contribution in [1.82, 2.24) is 9.97 Å². The molecular formula is C8H12ClN3. The lowest BCUT2D eigenvalue weighted by molar-refractivity contribution is 0.918. The van der Waals surface area contributed by atoms with Crippen molar-refractivity contribution in [3.8, 4) is 0 Å². The Bertz CT molecular complexity index is 275. The molecule has 0 saturated carbocycles. The fourth-order valence-corrected chi connectivity index (χ4v) is 1.08. The third-order valence-corrected chi connectivity index (χ3v) is 2.21. The van der Waals surface area contributed by atoms with Crippen molar-refractivity contribution in [3.05, 3.63) is 17.0 Å². The molecule has 0 bridgehead atoms. The minimum Gasteiger partial charge on any atom is -0.360 e. The van der Waals surface area contributed by atoms with Crippen molar-refractivity contribution in [3.63, 3.8) is 0 Å². The van der Waals surface area contributed by atoms with Crippen molar-refractivity contribution in [2.24, 2.45) is 0 Å². The maximum Gasteiger partial charge on any atom is 0.137 e. The molecule has 0 fully saturated rings. The van der Waals surface area contributed by atoms with Gasteiger partial charge in [0.1, 0.15) is 17.3 Å². The third kappa shape index (κ3) is 1.67. The monoisotopic (exact) mass is 185 g/mol. The van der Waals surface area contributed by atoms with Gasteiger partial charge in [-0.25, -0.2) is 9.97 Å². The normalized spacial score (nSPS) is 10.0. The van der Waals surface area contributed by atoms with Crippen LogP contribution in [0, 0.1) is 6.92 Å². The number of rotatable bonds is 2. The van der Waals surface area contributed by atoms with Gasteiger partial charge >= 0.3 is 0 Å². The third-order valence-electron chi connectivity index (χ3n) is 1.83. The number of anilines is 1. The Labute approximate surface area is 77.4 Å². The lowest BCUT2D eigenvalue weighted by Gasteiger charge is -2.17. The standard InChI is InChI=1S/C8H12ClN3/c1-4-12(3)8-6(2)7(9)10-5-11-8/h5H,4H2,1-3H3. The molecule has 0 aromatic carbocycles. The predicted octanol–water partition coefficient (Wildman–Crippen LogP) is 1.89. The van der Waals surface area contributed by atoms with Gasteiger partial charge in [-0.2, -0.15) is 0 Å². The number of hydrogen-bond donors (Lipinski definition) is 0. The van der Waals surface area contributed by atoms with Crippen LogP contribution in [-0.2, 0) is 0 Å². The van der Waals surface area contributed by atoms with E-state index in [9.17, 15) is 0 Å². The Morgan fingerprint density at radius 3 is 2.75 bits per heavy atom. The zero-order valence-electron chi connectivity index (χ0n) is 7.50. The summed E-state index contributed by atoms with van der Waals surface area (Å²) in [5, 5.41) is 0.528. The minimum atomic E-state index is 0.528. The molecule has 3 nitrogen and oxygen atoms in total. The molecular weight excluding hydrogens is 174 g/mol. The van der Waals surface area contributed by atoms with Crippen LogP contribution < -0.4 is 4.90 Å². The Hall–Kier alpha value is -0.830. The summed E-state index contributed by atoms with van der Waals surface area (Å²) in [4.78, 5) is 10.1. The highest BCUT2D eigenvalue weighted by Gasteiger charge is 2.07. The maximum absolute atomic E-state index is 5.84. The maximum atomic E-state index is 5.84. The van der Waals surface area contributed by atoms with Crippen LogP contribution >= 0.6 is 11.6 Å². The fourth-order valence-electron chi connectivity index (χ4n) is 0.955. The Morgan fingerprint density at radius 1 is 1.50 bits per heavy atom. The highest BCUT2D eigenvalue weighted by atomic mass is 35.5. The predicted molar refractivity (Wildman–Crippen MR) is 50.7 cm³/mol. The molecule has 0 saturated heterocycles. The van der Waals surface area contributed by atoms with E-state index in [1.165, 1.54) is 6.33 Å². The molecule has 66 valence electrons. The molecule has 4 heteroatoms. The van der Waals surface area contributed by atoms with Crippen LogP contribution in [0.15, 0.2) is 6.33 Å². The quantitative estimate of drug-likeness (QED) is 0.659. The van der Waals surface area contributed by atoms with E-state index in [1.54, 1.807) is 0 Å². The van der Waals surface area contributed by atoms with Crippen LogP contribution in [0.3, 0.4) is 0 Å². The van der Waals surface area contributed by atoms with Gasteiger partial charge in [-0.05, 0) is 13.8 Å². The second-order valence-corrected chi connectivity index (χ2v) is 2.99. The van der Waals surface area contributed by atoms with Gasteiger partial charge in [-0.1, -0.05) is 11.6 Å². The molecule has 1 aromatic heterocycles. The summed E-state index contributed by atoms with van der Waals surface area (Å²) >= 11 is 5.84. The molecule has 1 rings (SSSR count). The van der Waals surface area contributed by atoms with Crippen LogP contribution in [0.25, 0.3) is 0 Å². The van der Waals surface area contributed by atoms with E-state index >= 15 is 0 Å². The van der Waals surface area contributed by atoms with Crippen molar-refractivity contribution >= 4 is 17.4 Å². The largest absolute Gasteiger partial charge is 0.360 e. The van der Waals surface area contributed by atoms with Gasteiger partial charge < -0.3 is 4.90 Å². The van der Waals surface area contributed by atoms with Gasteiger partial charge in [0.25, 0.3) is 0 Å². The smallest absolute Gasteiger partial charge is 0.137 e. The number of nitrogens with zero attached hydrogens (tertiary/aromatic N) is 3. The molecule has 1 heterocycles. The minimum absolute atomic E-state index is 0.528. The Kier molecular flexibility index (Phi) is 2.87. The molecule has 0 amide bonds. The highest BCUT2D eigenvalue weighted by Crippen LogP contribution is 2.20. The summed E-state index contributed by atoms with van der Waals surface area (Å²) in [6.07, 6.45) is 1.48. The number of hydrogen-bond acceptors (Lipinski definition) is 3. The second kappa shape index (κ2) is 3.72. The van der Waals surface area contributed by atoms with Crippen molar-refractivity contribution in [1.29, 1.82) is 0 Å². The first-order valence-electron chi connectivity index (χ1n) is 3.85. The van der Waals surface area contributed by atoms with Gasteiger partial charge in [0.15, 0.2) is 0 Å². The average Bonchev–Trinajstić information content (AvgIpc) is 2.08. The Morgan fingerprint density at radius 2 is 2.17 bits per heavy atom. The van der Waals surface area contributed by atoms with Crippen molar-refractivity contribution in [2.45, 2.75) is 13.8 Å². The SMILES string of the molecule is CCN(C)c1ncnc(Cl)c1C. The number of aromatic nitrogens is 2. The van der Waals surface area contributed by atoms with Crippen molar-refractivity contribution in [2.75, 3.05) is 18.5 Å². The molecule has 0 N–H and O–H groups in total. The molecule has 0 aliphatic carbocycles. The Balaban J connectivity index is 3.07. The highest BCUT2D eigenvalue weighted by molar-refractivity contribution is 6.30. The number of halogens is 1. The fraction of sp³-hybridized carbons (Fsp3) is 0.500. The summed E-state index contributed by atoms with van der Waals surface area (Å²) in [6.45, 7) is 4.90. The lowest BCUT2D eigenvalue weighted by atomic mass is 10.3. The molecule has 1 aromatic rings. The summed E-state index contributed by atoms with van der Waals surface area (Å²) in [5.41, 5.74) is 0.934. The average molecular weight is 186 g/mol. The summed E-state index contributed by atoms with van der Waals surface area (Å²) in [6, 6.07) is 0. The van der Waals surface area contributed by atoms with Crippen LogP contribution in [0.1, 0.15) is 12.5 Å². The zero-order valence-corrected chi connectivity index (χ0v) is 8.26. The van der Waals surface area contributed by atoms with E-state index in [1.807, 2.05) is 18.9 Å². The molecule has 0 spiro atoms. The summed E-state index contributed by atoms with van der Waals surface area (Å²) in [7, 11) is 1.98. The first-order chi connectivity index (χ1) is 5.66. The van der Waals surface area contributed by atoms with E-state index in [-0.39, 0.29) is 0 Å². The molecule has 0 aliphatic rings. The van der Waals surface area contributed by atoms with Gasteiger partial charge in [-0.15, -0.1) is 0 Å². The topological polar surface area (TPSA) is 29.0 Å². The van der Waals surface area contributed by atoms with Crippen LogP contribution in [0.2, 0.25) is 5.15 Å². The van der Waals surface area contributed by atoms with Gasteiger partial charge in [-0.3, -0.25) is 0 Å². The molecule has 12 heavy (non-hydrogen) atoms. The van der Waals surface area contributed by atoms with E-state index < -0.39 is 0 Å². The summed E-state index contributed by atoms with van der Waals surface area (Å²) < 4.78 is 0.